The van der Waals surface area contributed by atoms with Crippen molar-refractivity contribution in [2.24, 2.45) is 5.41 Å². The van der Waals surface area contributed by atoms with Crippen LogP contribution in [-0.4, -0.2) is 22.8 Å². The molecule has 2 fully saturated rings. The summed E-state index contributed by atoms with van der Waals surface area (Å²) in [6.07, 6.45) is 0.998. The Kier molecular flexibility index (Phi) is 2.57. The number of urea groups is 1. The van der Waals surface area contributed by atoms with E-state index in [1.165, 1.54) is 11.3 Å². The van der Waals surface area contributed by atoms with Gasteiger partial charge in [-0.15, -0.1) is 11.3 Å². The van der Waals surface area contributed by atoms with Crippen LogP contribution in [-0.2, 0) is 15.0 Å². The molecule has 1 N–H and O–H groups in total. The molecule has 20 heavy (non-hydrogen) atoms. The molecule has 4 amide bonds. The average molecular weight is 293 g/mol. The first-order valence-electron chi connectivity index (χ1n) is 6.42. The highest BCUT2D eigenvalue weighted by Crippen LogP contribution is 2.50. The number of hydrogen-bond acceptors (Lipinski definition) is 5. The van der Waals surface area contributed by atoms with Crippen LogP contribution in [0.2, 0.25) is 0 Å². The van der Waals surface area contributed by atoms with Crippen molar-refractivity contribution in [3.05, 3.63) is 11.1 Å². The molecule has 2 heterocycles. The molecule has 6 nitrogen and oxygen atoms in total. The van der Waals surface area contributed by atoms with Crippen molar-refractivity contribution in [1.82, 2.24) is 10.3 Å². The van der Waals surface area contributed by atoms with E-state index in [0.717, 1.165) is 10.6 Å². The first kappa shape index (κ1) is 13.2. The molecule has 7 heteroatoms. The van der Waals surface area contributed by atoms with E-state index in [1.54, 1.807) is 0 Å². The maximum Gasteiger partial charge on any atom is 0.337 e. The minimum atomic E-state index is -1.03. The SMILES string of the molecule is CC(C)(C)c1csc(N2C(=O)NC(=O)C3(CC3)C2=O)n1. The van der Waals surface area contributed by atoms with Crippen LogP contribution in [0, 0.1) is 5.41 Å². The van der Waals surface area contributed by atoms with E-state index >= 15 is 0 Å². The Labute approximate surface area is 120 Å². The van der Waals surface area contributed by atoms with Crippen molar-refractivity contribution in [2.75, 3.05) is 4.90 Å². The highest BCUT2D eigenvalue weighted by atomic mass is 32.1. The van der Waals surface area contributed by atoms with Gasteiger partial charge in [0.2, 0.25) is 11.0 Å². The van der Waals surface area contributed by atoms with E-state index in [1.807, 2.05) is 26.2 Å². The number of aromatic nitrogens is 1. The smallest absolute Gasteiger partial charge is 0.276 e. The van der Waals surface area contributed by atoms with Crippen LogP contribution in [0.1, 0.15) is 39.3 Å². The van der Waals surface area contributed by atoms with E-state index < -0.39 is 23.3 Å². The zero-order valence-corrected chi connectivity index (χ0v) is 12.3. The molecule has 3 rings (SSSR count). The first-order valence-corrected chi connectivity index (χ1v) is 7.30. The summed E-state index contributed by atoms with van der Waals surface area (Å²) in [5, 5.41) is 4.42. The minimum Gasteiger partial charge on any atom is -0.276 e. The number of imide groups is 2. The van der Waals surface area contributed by atoms with E-state index in [4.69, 9.17) is 0 Å². The summed E-state index contributed by atoms with van der Waals surface area (Å²) in [6.45, 7) is 6.03. The standard InChI is InChI=1S/C13H15N3O3S/c1-12(2,3)7-6-20-11(14-7)16-9(18)13(4-5-13)8(17)15-10(16)19/h6H,4-5H2,1-3H3,(H,15,17,19). The Morgan fingerprint density at radius 1 is 1.30 bits per heavy atom. The van der Waals surface area contributed by atoms with Crippen molar-refractivity contribution in [1.29, 1.82) is 0 Å². The van der Waals surface area contributed by atoms with Crippen molar-refractivity contribution in [3.63, 3.8) is 0 Å². The number of barbiturate groups is 1. The fourth-order valence-corrected chi connectivity index (χ4v) is 3.17. The molecule has 1 aliphatic heterocycles. The molecule has 1 saturated heterocycles. The average Bonchev–Trinajstić information content (AvgIpc) is 2.99. The zero-order chi connectivity index (χ0) is 14.7. The number of nitrogens with one attached hydrogen (secondary N) is 1. The second-order valence-electron chi connectivity index (χ2n) is 6.25. The molecule has 2 aliphatic rings. The fraction of sp³-hybridized carbons (Fsp3) is 0.538. The van der Waals surface area contributed by atoms with Crippen LogP contribution >= 0.6 is 11.3 Å². The van der Waals surface area contributed by atoms with E-state index in [2.05, 4.69) is 10.3 Å². The minimum absolute atomic E-state index is 0.156. The van der Waals surface area contributed by atoms with Gasteiger partial charge in [-0.1, -0.05) is 20.8 Å². The quantitative estimate of drug-likeness (QED) is 0.801. The molecule has 106 valence electrons. The Bertz CT molecular complexity index is 625. The predicted octanol–water partition coefficient (Wildman–Crippen LogP) is 1.80. The highest BCUT2D eigenvalue weighted by Gasteiger charge is 2.63. The monoisotopic (exact) mass is 293 g/mol. The molecule has 0 radical (unpaired) electrons. The molecule has 0 unspecified atom stereocenters. The van der Waals surface area contributed by atoms with E-state index in [0.29, 0.717) is 18.0 Å². The number of amides is 4. The number of carbonyl (C=O) groups is 3. The molecule has 0 bridgehead atoms. The number of hydrogen-bond donors (Lipinski definition) is 1. The highest BCUT2D eigenvalue weighted by molar-refractivity contribution is 7.14. The summed E-state index contributed by atoms with van der Waals surface area (Å²) in [5.74, 6) is -0.919. The lowest BCUT2D eigenvalue weighted by molar-refractivity contribution is -0.136. The lowest BCUT2D eigenvalue weighted by Crippen LogP contribution is -2.59. The lowest BCUT2D eigenvalue weighted by atomic mass is 9.93. The summed E-state index contributed by atoms with van der Waals surface area (Å²) in [6, 6.07) is -0.702. The van der Waals surface area contributed by atoms with Gasteiger partial charge in [-0.25, -0.2) is 14.7 Å². The first-order chi connectivity index (χ1) is 9.25. The Balaban J connectivity index is 1.97. The van der Waals surface area contributed by atoms with E-state index in [-0.39, 0.29) is 5.41 Å². The summed E-state index contributed by atoms with van der Waals surface area (Å²) >= 11 is 1.24. The molecule has 1 aromatic heterocycles. The van der Waals surface area contributed by atoms with Crippen LogP contribution in [0.15, 0.2) is 5.38 Å². The van der Waals surface area contributed by atoms with Gasteiger partial charge in [0, 0.05) is 10.8 Å². The molecular formula is C13H15N3O3S. The predicted molar refractivity (Wildman–Crippen MR) is 73.5 cm³/mol. The topological polar surface area (TPSA) is 79.4 Å². The van der Waals surface area contributed by atoms with Gasteiger partial charge in [0.1, 0.15) is 5.41 Å². The van der Waals surface area contributed by atoms with Gasteiger partial charge < -0.3 is 0 Å². The van der Waals surface area contributed by atoms with Crippen LogP contribution in [0.5, 0.6) is 0 Å². The number of rotatable bonds is 1. The third-order valence-corrected chi connectivity index (χ3v) is 4.50. The van der Waals surface area contributed by atoms with Gasteiger partial charge in [-0.2, -0.15) is 0 Å². The summed E-state index contributed by atoms with van der Waals surface area (Å²) in [5.41, 5.74) is -0.363. The van der Waals surface area contributed by atoms with Gasteiger partial charge in [0.25, 0.3) is 5.91 Å². The van der Waals surface area contributed by atoms with Crippen LogP contribution in [0.3, 0.4) is 0 Å². The number of nitrogens with zero attached hydrogens (tertiary/aromatic N) is 2. The zero-order valence-electron chi connectivity index (χ0n) is 11.5. The largest absolute Gasteiger partial charge is 0.337 e. The Morgan fingerprint density at radius 2 is 1.95 bits per heavy atom. The molecule has 0 aromatic carbocycles. The van der Waals surface area contributed by atoms with Crippen LogP contribution < -0.4 is 10.2 Å². The summed E-state index contributed by atoms with van der Waals surface area (Å²) in [4.78, 5) is 41.5. The molecule has 1 spiro atoms. The molecule has 0 atom stereocenters. The summed E-state index contributed by atoms with van der Waals surface area (Å²) < 4.78 is 0. The molecule has 1 aromatic rings. The summed E-state index contributed by atoms with van der Waals surface area (Å²) in [7, 11) is 0. The van der Waals surface area contributed by atoms with E-state index in [9.17, 15) is 14.4 Å². The second-order valence-corrected chi connectivity index (χ2v) is 7.08. The van der Waals surface area contributed by atoms with Crippen molar-refractivity contribution in [3.8, 4) is 0 Å². The van der Waals surface area contributed by atoms with Gasteiger partial charge in [-0.05, 0) is 12.8 Å². The molecule has 1 aliphatic carbocycles. The van der Waals surface area contributed by atoms with Gasteiger partial charge in [0.15, 0.2) is 0 Å². The maximum absolute atomic E-state index is 12.4. The fourth-order valence-electron chi connectivity index (χ4n) is 2.13. The number of carbonyl (C=O) groups excluding carboxylic acids is 3. The van der Waals surface area contributed by atoms with Crippen molar-refractivity contribution < 1.29 is 14.4 Å². The van der Waals surface area contributed by atoms with Gasteiger partial charge in [-0.3, -0.25) is 14.9 Å². The Hall–Kier alpha value is -1.76. The normalized spacial score (nSPS) is 21.4. The lowest BCUT2D eigenvalue weighted by Gasteiger charge is -2.28. The Morgan fingerprint density at radius 3 is 2.45 bits per heavy atom. The third kappa shape index (κ3) is 1.76. The number of anilines is 1. The van der Waals surface area contributed by atoms with Gasteiger partial charge >= 0.3 is 6.03 Å². The molecule has 1 saturated carbocycles. The second kappa shape index (κ2) is 3.88. The van der Waals surface area contributed by atoms with Crippen LogP contribution in [0.25, 0.3) is 0 Å². The van der Waals surface area contributed by atoms with Crippen LogP contribution in [0.4, 0.5) is 9.93 Å². The third-order valence-electron chi connectivity index (χ3n) is 3.67. The van der Waals surface area contributed by atoms with Crippen molar-refractivity contribution in [2.45, 2.75) is 39.0 Å². The van der Waals surface area contributed by atoms with Gasteiger partial charge in [0.05, 0.1) is 5.69 Å². The molecular weight excluding hydrogens is 278 g/mol. The maximum atomic E-state index is 12.4. The van der Waals surface area contributed by atoms with Crippen molar-refractivity contribution >= 4 is 34.3 Å². The number of thiazole rings is 1.